The first kappa shape index (κ1) is 14.0. The van der Waals surface area contributed by atoms with Crippen molar-refractivity contribution in [3.63, 3.8) is 0 Å². The average molecular weight is 262 g/mol. The van der Waals surface area contributed by atoms with Crippen molar-refractivity contribution in [2.75, 3.05) is 13.2 Å². The van der Waals surface area contributed by atoms with Gasteiger partial charge in [-0.15, -0.1) is 0 Å². The smallest absolute Gasteiger partial charge is 0.327 e. The van der Waals surface area contributed by atoms with Crippen molar-refractivity contribution >= 4 is 5.97 Å². The average Bonchev–Trinajstić information content (AvgIpc) is 2.46. The Morgan fingerprint density at radius 3 is 3.00 bits per heavy atom. The van der Waals surface area contributed by atoms with E-state index < -0.39 is 0 Å². The maximum Gasteiger partial charge on any atom is 0.327 e. The molecule has 4 nitrogen and oxygen atoms in total. The third-order valence-electron chi connectivity index (χ3n) is 3.50. The van der Waals surface area contributed by atoms with Crippen LogP contribution in [0.2, 0.25) is 0 Å². The number of benzene rings is 1. The van der Waals surface area contributed by atoms with Gasteiger partial charge in [-0.2, -0.15) is 0 Å². The van der Waals surface area contributed by atoms with E-state index in [1.807, 2.05) is 18.2 Å². The third-order valence-corrected chi connectivity index (χ3v) is 3.50. The molecule has 1 aromatic rings. The molecule has 2 atom stereocenters. The lowest BCUT2D eigenvalue weighted by Crippen LogP contribution is -2.47. The van der Waals surface area contributed by atoms with Crippen molar-refractivity contribution in [1.29, 1.82) is 0 Å². The summed E-state index contributed by atoms with van der Waals surface area (Å²) in [5.41, 5.74) is 7.94. The Kier molecular flexibility index (Phi) is 4.93. The normalized spacial score (nSPS) is 21.8. The van der Waals surface area contributed by atoms with Crippen LogP contribution in [-0.2, 0) is 16.0 Å². The molecule has 0 amide bonds. The van der Waals surface area contributed by atoms with Gasteiger partial charge in [-0.05, 0) is 24.0 Å². The molecule has 0 aliphatic carbocycles. The lowest BCUT2D eigenvalue weighted by molar-refractivity contribution is -0.147. The summed E-state index contributed by atoms with van der Waals surface area (Å²) >= 11 is 0. The van der Waals surface area contributed by atoms with Gasteiger partial charge in [0, 0.05) is 12.6 Å². The molecule has 1 heterocycles. The zero-order valence-corrected chi connectivity index (χ0v) is 11.4. The van der Waals surface area contributed by atoms with E-state index in [-0.39, 0.29) is 18.1 Å². The zero-order chi connectivity index (χ0) is 13.7. The quantitative estimate of drug-likeness (QED) is 0.624. The minimum absolute atomic E-state index is 0.138. The summed E-state index contributed by atoms with van der Waals surface area (Å²) in [6.07, 6.45) is 2.79. The molecule has 0 bridgehead atoms. The van der Waals surface area contributed by atoms with Crippen LogP contribution in [0.3, 0.4) is 0 Å². The number of nitrogens with one attached hydrogen (secondary N) is 1. The number of rotatable bonds is 5. The highest BCUT2D eigenvalue weighted by Gasteiger charge is 2.31. The lowest BCUT2D eigenvalue weighted by Gasteiger charge is -2.31. The predicted molar refractivity (Wildman–Crippen MR) is 74.7 cm³/mol. The summed E-state index contributed by atoms with van der Waals surface area (Å²) in [5, 5.41) is 3.29. The van der Waals surface area contributed by atoms with Crippen molar-refractivity contribution in [1.82, 2.24) is 5.32 Å². The van der Waals surface area contributed by atoms with Gasteiger partial charge < -0.3 is 10.5 Å². The molecule has 1 aromatic carbocycles. The summed E-state index contributed by atoms with van der Waals surface area (Å²) in [5.74, 6) is -0.195. The highest BCUT2D eigenvalue weighted by molar-refractivity contribution is 5.78. The van der Waals surface area contributed by atoms with Crippen LogP contribution in [0.4, 0.5) is 0 Å². The van der Waals surface area contributed by atoms with Crippen LogP contribution < -0.4 is 11.1 Å². The largest absolute Gasteiger partial charge is 0.464 e. The maximum absolute atomic E-state index is 12.2. The molecule has 3 N–H and O–H groups in total. The number of ether oxygens (including phenoxy) is 1. The molecule has 0 spiro atoms. The zero-order valence-electron chi connectivity index (χ0n) is 11.4. The number of hydrogen-bond donors (Lipinski definition) is 2. The van der Waals surface area contributed by atoms with Crippen molar-refractivity contribution in [2.45, 2.75) is 38.3 Å². The Balaban J connectivity index is 2.12. The van der Waals surface area contributed by atoms with Gasteiger partial charge in [0.25, 0.3) is 0 Å². The highest BCUT2D eigenvalue weighted by Crippen LogP contribution is 2.26. The molecule has 0 saturated heterocycles. The van der Waals surface area contributed by atoms with Gasteiger partial charge in [0.2, 0.25) is 0 Å². The minimum Gasteiger partial charge on any atom is -0.464 e. The second-order valence-corrected chi connectivity index (χ2v) is 4.96. The van der Waals surface area contributed by atoms with Crippen molar-refractivity contribution < 1.29 is 9.53 Å². The van der Waals surface area contributed by atoms with Gasteiger partial charge in [0.15, 0.2) is 0 Å². The molecule has 0 saturated carbocycles. The van der Waals surface area contributed by atoms with Gasteiger partial charge in [0.1, 0.15) is 6.04 Å². The first-order chi connectivity index (χ1) is 9.26. The van der Waals surface area contributed by atoms with E-state index in [4.69, 9.17) is 10.5 Å². The fraction of sp³-hybridized carbons (Fsp3) is 0.533. The van der Waals surface area contributed by atoms with E-state index in [1.54, 1.807) is 0 Å². The van der Waals surface area contributed by atoms with E-state index in [0.29, 0.717) is 13.2 Å². The Morgan fingerprint density at radius 2 is 2.26 bits per heavy atom. The second kappa shape index (κ2) is 6.68. The van der Waals surface area contributed by atoms with E-state index >= 15 is 0 Å². The highest BCUT2D eigenvalue weighted by atomic mass is 16.5. The number of unbranched alkanes of at least 4 members (excludes halogenated alkanes) is 1. The number of fused-ring (bicyclic) bond motifs is 1. The molecule has 2 rings (SSSR count). The third kappa shape index (κ3) is 3.33. The molecule has 2 unspecified atom stereocenters. The minimum atomic E-state index is -0.379. The Hall–Kier alpha value is -1.39. The molecule has 19 heavy (non-hydrogen) atoms. The first-order valence-electron chi connectivity index (χ1n) is 6.96. The first-order valence-corrected chi connectivity index (χ1v) is 6.96. The van der Waals surface area contributed by atoms with Crippen LogP contribution >= 0.6 is 0 Å². The van der Waals surface area contributed by atoms with Crippen LogP contribution in [0.1, 0.15) is 36.9 Å². The van der Waals surface area contributed by atoms with Gasteiger partial charge in [-0.3, -0.25) is 5.32 Å². The topological polar surface area (TPSA) is 64.3 Å². The molecule has 0 aromatic heterocycles. The molecule has 0 fully saturated rings. The maximum atomic E-state index is 12.2. The molecule has 1 aliphatic heterocycles. The van der Waals surface area contributed by atoms with Gasteiger partial charge in [-0.25, -0.2) is 4.79 Å². The van der Waals surface area contributed by atoms with Gasteiger partial charge in [0.05, 0.1) is 6.61 Å². The summed E-state index contributed by atoms with van der Waals surface area (Å²) < 4.78 is 5.33. The van der Waals surface area contributed by atoms with Gasteiger partial charge in [-0.1, -0.05) is 37.6 Å². The second-order valence-electron chi connectivity index (χ2n) is 4.96. The molecular weight excluding hydrogens is 240 g/mol. The monoisotopic (exact) mass is 262 g/mol. The summed E-state index contributed by atoms with van der Waals surface area (Å²) in [7, 11) is 0. The summed E-state index contributed by atoms with van der Waals surface area (Å²) in [6, 6.07) is 7.76. The Morgan fingerprint density at radius 1 is 1.47 bits per heavy atom. The summed E-state index contributed by atoms with van der Waals surface area (Å²) in [4.78, 5) is 12.2. The Bertz CT molecular complexity index is 434. The van der Waals surface area contributed by atoms with Crippen molar-refractivity contribution in [3.8, 4) is 0 Å². The van der Waals surface area contributed by atoms with Gasteiger partial charge >= 0.3 is 5.97 Å². The van der Waals surface area contributed by atoms with E-state index in [9.17, 15) is 4.79 Å². The summed E-state index contributed by atoms with van der Waals surface area (Å²) in [6.45, 7) is 3.09. The van der Waals surface area contributed by atoms with Crippen LogP contribution in [0, 0.1) is 0 Å². The number of carbonyl (C=O) groups is 1. The lowest BCUT2D eigenvalue weighted by atomic mass is 9.90. The van der Waals surface area contributed by atoms with Crippen LogP contribution in [-0.4, -0.2) is 25.2 Å². The van der Waals surface area contributed by atoms with Crippen molar-refractivity contribution in [2.24, 2.45) is 5.73 Å². The van der Waals surface area contributed by atoms with Crippen LogP contribution in [0.25, 0.3) is 0 Å². The Labute approximate surface area is 114 Å². The van der Waals surface area contributed by atoms with Crippen LogP contribution in [0.15, 0.2) is 24.3 Å². The van der Waals surface area contributed by atoms with Crippen LogP contribution in [0.5, 0.6) is 0 Å². The van der Waals surface area contributed by atoms with E-state index in [1.165, 1.54) is 5.56 Å². The number of carbonyl (C=O) groups excluding carboxylic acids is 1. The molecular formula is C15H22N2O2. The standard InChI is InChI=1S/C15H22N2O2/c1-2-3-8-19-15(18)14-13-7-5-4-6-11(13)9-12(10-16)17-14/h4-7,12,14,17H,2-3,8-10,16H2,1H3. The molecule has 4 heteroatoms. The number of esters is 1. The van der Waals surface area contributed by atoms with E-state index in [0.717, 1.165) is 24.8 Å². The number of nitrogens with two attached hydrogens (primary N) is 1. The van der Waals surface area contributed by atoms with E-state index in [2.05, 4.69) is 18.3 Å². The molecule has 0 radical (unpaired) electrons. The number of hydrogen-bond acceptors (Lipinski definition) is 4. The van der Waals surface area contributed by atoms with Crippen molar-refractivity contribution in [3.05, 3.63) is 35.4 Å². The predicted octanol–water partition coefficient (Wildman–Crippen LogP) is 1.54. The fourth-order valence-electron chi connectivity index (χ4n) is 2.40. The molecule has 104 valence electrons. The fourth-order valence-corrected chi connectivity index (χ4v) is 2.40. The molecule has 1 aliphatic rings. The SMILES string of the molecule is CCCCOC(=O)C1NC(CN)Cc2ccccc21.